The minimum absolute atomic E-state index is 0.101. The number of nitrogens with zero attached hydrogens (tertiary/aromatic N) is 2. The summed E-state index contributed by atoms with van der Waals surface area (Å²) in [5, 5.41) is 8.56. The highest BCUT2D eigenvalue weighted by Crippen LogP contribution is 2.22. The summed E-state index contributed by atoms with van der Waals surface area (Å²) in [5.74, 6) is -0.372. The van der Waals surface area contributed by atoms with Gasteiger partial charge < -0.3 is 9.73 Å². The molecule has 0 unspecified atom stereocenters. The molecule has 0 spiro atoms. The lowest BCUT2D eigenvalue weighted by Gasteiger charge is -2.07. The molecule has 0 aliphatic rings. The second-order valence-electron chi connectivity index (χ2n) is 5.68. The third-order valence-electron chi connectivity index (χ3n) is 3.78. The van der Waals surface area contributed by atoms with Crippen molar-refractivity contribution < 1.29 is 14.0 Å². The lowest BCUT2D eigenvalue weighted by atomic mass is 10.2. The number of benzene rings is 1. The Morgan fingerprint density at radius 3 is 2.85 bits per heavy atom. The van der Waals surface area contributed by atoms with Gasteiger partial charge in [-0.05, 0) is 36.4 Å². The van der Waals surface area contributed by atoms with Crippen LogP contribution < -0.4 is 10.6 Å². The lowest BCUT2D eigenvalue weighted by Crippen LogP contribution is -2.15. The average molecular weight is 378 g/mol. The van der Waals surface area contributed by atoms with Gasteiger partial charge in [0.15, 0.2) is 10.9 Å². The molecule has 0 saturated carbocycles. The minimum Gasteiger partial charge on any atom is -0.459 e. The topological polar surface area (TPSA) is 97.1 Å². The van der Waals surface area contributed by atoms with E-state index in [0.29, 0.717) is 16.5 Å². The van der Waals surface area contributed by atoms with Crippen LogP contribution in [0.15, 0.2) is 64.7 Å². The van der Waals surface area contributed by atoms with Crippen LogP contribution in [0.2, 0.25) is 0 Å². The second-order valence-corrected chi connectivity index (χ2v) is 6.53. The Balaban J connectivity index is 1.41. The van der Waals surface area contributed by atoms with E-state index in [1.807, 2.05) is 30.3 Å². The van der Waals surface area contributed by atoms with E-state index >= 15 is 0 Å². The Labute approximate surface area is 158 Å². The normalized spacial score (nSPS) is 10.7. The molecule has 0 radical (unpaired) electrons. The summed E-state index contributed by atoms with van der Waals surface area (Å²) in [4.78, 5) is 32.9. The van der Waals surface area contributed by atoms with Crippen molar-refractivity contribution >= 4 is 44.9 Å². The van der Waals surface area contributed by atoms with Crippen LogP contribution in [0.5, 0.6) is 0 Å². The molecular formula is C19H14N4O3S. The van der Waals surface area contributed by atoms with E-state index in [-0.39, 0.29) is 24.0 Å². The van der Waals surface area contributed by atoms with Crippen molar-refractivity contribution in [2.45, 2.75) is 6.42 Å². The Kier molecular flexibility index (Phi) is 4.63. The Morgan fingerprint density at radius 1 is 1.07 bits per heavy atom. The quantitative estimate of drug-likeness (QED) is 0.552. The van der Waals surface area contributed by atoms with Gasteiger partial charge in [-0.1, -0.05) is 6.07 Å². The van der Waals surface area contributed by atoms with Gasteiger partial charge in [0.25, 0.3) is 5.91 Å². The first-order valence-electron chi connectivity index (χ1n) is 8.12. The van der Waals surface area contributed by atoms with Crippen molar-refractivity contribution in [3.8, 4) is 0 Å². The van der Waals surface area contributed by atoms with Crippen molar-refractivity contribution in [2.75, 3.05) is 10.6 Å². The molecule has 0 bridgehead atoms. The number of amides is 2. The first-order chi connectivity index (χ1) is 13.2. The number of furan rings is 1. The molecular weight excluding hydrogens is 364 g/mol. The molecule has 2 amide bonds. The molecule has 1 aromatic carbocycles. The highest BCUT2D eigenvalue weighted by atomic mass is 32.1. The van der Waals surface area contributed by atoms with Crippen molar-refractivity contribution in [1.29, 1.82) is 0 Å². The maximum atomic E-state index is 12.4. The van der Waals surface area contributed by atoms with Gasteiger partial charge in [0.1, 0.15) is 0 Å². The summed E-state index contributed by atoms with van der Waals surface area (Å²) < 4.78 is 5.04. The number of hydrogen-bond acceptors (Lipinski definition) is 6. The number of rotatable bonds is 5. The van der Waals surface area contributed by atoms with Gasteiger partial charge in [-0.2, -0.15) is 0 Å². The predicted molar refractivity (Wildman–Crippen MR) is 103 cm³/mol. The van der Waals surface area contributed by atoms with Crippen molar-refractivity contribution in [1.82, 2.24) is 9.97 Å². The molecule has 0 aliphatic heterocycles. The smallest absolute Gasteiger partial charge is 0.293 e. The zero-order valence-electron chi connectivity index (χ0n) is 14.0. The van der Waals surface area contributed by atoms with Gasteiger partial charge >= 0.3 is 0 Å². The molecule has 134 valence electrons. The lowest BCUT2D eigenvalue weighted by molar-refractivity contribution is -0.115. The number of pyridine rings is 1. The van der Waals surface area contributed by atoms with Gasteiger partial charge in [-0.25, -0.2) is 4.98 Å². The average Bonchev–Trinajstić information content (AvgIpc) is 3.34. The van der Waals surface area contributed by atoms with Crippen LogP contribution in [0, 0.1) is 0 Å². The fourth-order valence-corrected chi connectivity index (χ4v) is 3.29. The van der Waals surface area contributed by atoms with Crippen LogP contribution >= 0.6 is 11.3 Å². The zero-order chi connectivity index (χ0) is 18.6. The van der Waals surface area contributed by atoms with Gasteiger partial charge in [0.2, 0.25) is 5.91 Å². The fourth-order valence-electron chi connectivity index (χ4n) is 2.58. The summed E-state index contributed by atoms with van der Waals surface area (Å²) in [6.45, 7) is 0. The molecule has 27 heavy (non-hydrogen) atoms. The van der Waals surface area contributed by atoms with Gasteiger partial charge in [0.05, 0.1) is 29.6 Å². The maximum absolute atomic E-state index is 12.4. The van der Waals surface area contributed by atoms with Crippen molar-refractivity contribution in [2.24, 2.45) is 0 Å². The Hall–Kier alpha value is -3.52. The third-order valence-corrected chi connectivity index (χ3v) is 4.59. The van der Waals surface area contributed by atoms with Crippen molar-refractivity contribution in [3.63, 3.8) is 0 Å². The van der Waals surface area contributed by atoms with Crippen molar-refractivity contribution in [3.05, 3.63) is 71.8 Å². The number of carbonyl (C=O) groups is 2. The predicted octanol–water partition coefficient (Wildman–Crippen LogP) is 3.72. The fraction of sp³-hybridized carbons (Fsp3) is 0.0526. The van der Waals surface area contributed by atoms with Gasteiger partial charge in [0, 0.05) is 17.0 Å². The number of nitrogens with one attached hydrogen (secondary N) is 2. The minimum atomic E-state index is -0.381. The van der Waals surface area contributed by atoms with E-state index in [9.17, 15) is 9.59 Å². The van der Waals surface area contributed by atoms with E-state index in [0.717, 1.165) is 10.9 Å². The van der Waals surface area contributed by atoms with Crippen LogP contribution in [-0.4, -0.2) is 21.8 Å². The molecule has 0 aliphatic carbocycles. The van der Waals surface area contributed by atoms with Crippen LogP contribution in [0.4, 0.5) is 10.8 Å². The first kappa shape index (κ1) is 16.9. The van der Waals surface area contributed by atoms with E-state index in [4.69, 9.17) is 4.42 Å². The number of hydrogen-bond donors (Lipinski definition) is 2. The van der Waals surface area contributed by atoms with Crippen LogP contribution in [0.1, 0.15) is 16.2 Å². The number of aromatic nitrogens is 2. The molecule has 3 heterocycles. The highest BCUT2D eigenvalue weighted by Gasteiger charge is 2.13. The number of fused-ring (bicyclic) bond motifs is 1. The van der Waals surface area contributed by atoms with Crippen LogP contribution in [0.25, 0.3) is 10.9 Å². The molecule has 0 saturated heterocycles. The summed E-state index contributed by atoms with van der Waals surface area (Å²) in [7, 11) is 0. The molecule has 0 atom stereocenters. The molecule has 0 fully saturated rings. The largest absolute Gasteiger partial charge is 0.459 e. The maximum Gasteiger partial charge on any atom is 0.293 e. The zero-order valence-corrected chi connectivity index (χ0v) is 14.8. The van der Waals surface area contributed by atoms with Crippen LogP contribution in [0.3, 0.4) is 0 Å². The van der Waals surface area contributed by atoms with E-state index < -0.39 is 0 Å². The second kappa shape index (κ2) is 7.38. The monoisotopic (exact) mass is 378 g/mol. The summed E-state index contributed by atoms with van der Waals surface area (Å²) in [5.41, 5.74) is 2.09. The summed E-state index contributed by atoms with van der Waals surface area (Å²) in [6, 6.07) is 12.5. The Bertz CT molecular complexity index is 1100. The SMILES string of the molecule is O=C(Cc1csc(NC(=O)c2ccco2)n1)Nc1cccc2ncccc12. The van der Waals surface area contributed by atoms with E-state index in [1.54, 1.807) is 23.7 Å². The number of anilines is 2. The van der Waals surface area contributed by atoms with E-state index in [1.165, 1.54) is 17.6 Å². The molecule has 4 rings (SSSR count). The van der Waals surface area contributed by atoms with E-state index in [2.05, 4.69) is 20.6 Å². The third kappa shape index (κ3) is 3.85. The standard InChI is InChI=1S/C19H14N4O3S/c24-17(22-15-6-1-5-14-13(15)4-2-8-20-14)10-12-11-27-19(21-12)23-18(25)16-7-3-9-26-16/h1-9,11H,10H2,(H,22,24)(H,21,23,25). The summed E-state index contributed by atoms with van der Waals surface area (Å²) >= 11 is 1.25. The molecule has 4 aromatic rings. The number of carbonyl (C=O) groups excluding carboxylic acids is 2. The number of thiazole rings is 1. The molecule has 3 aromatic heterocycles. The molecule has 7 nitrogen and oxygen atoms in total. The Morgan fingerprint density at radius 2 is 2.00 bits per heavy atom. The van der Waals surface area contributed by atoms with Crippen LogP contribution in [-0.2, 0) is 11.2 Å². The highest BCUT2D eigenvalue weighted by molar-refractivity contribution is 7.14. The van der Waals surface area contributed by atoms with Gasteiger partial charge in [-0.15, -0.1) is 11.3 Å². The molecule has 8 heteroatoms. The molecule has 2 N–H and O–H groups in total. The summed E-state index contributed by atoms with van der Waals surface area (Å²) in [6.07, 6.45) is 3.24. The first-order valence-corrected chi connectivity index (χ1v) is 9.00. The van der Waals surface area contributed by atoms with Gasteiger partial charge in [-0.3, -0.25) is 19.9 Å².